The van der Waals surface area contributed by atoms with Gasteiger partial charge < -0.3 is 5.73 Å². The van der Waals surface area contributed by atoms with E-state index in [2.05, 4.69) is 33.0 Å². The van der Waals surface area contributed by atoms with E-state index in [0.29, 0.717) is 0 Å². The van der Waals surface area contributed by atoms with Gasteiger partial charge in [0.1, 0.15) is 5.01 Å². The molecule has 1 aromatic carbocycles. The summed E-state index contributed by atoms with van der Waals surface area (Å²) < 4.78 is 1.07. The number of nitrogens with zero attached hydrogens (tertiary/aromatic N) is 1. The summed E-state index contributed by atoms with van der Waals surface area (Å²) in [7, 11) is 0. The number of halogens is 1. The van der Waals surface area contributed by atoms with Gasteiger partial charge in [-0.25, -0.2) is 4.98 Å². The molecule has 2 rings (SSSR count). The summed E-state index contributed by atoms with van der Waals surface area (Å²) in [5, 5.41) is 1.03. The van der Waals surface area contributed by atoms with Crippen molar-refractivity contribution in [2.75, 3.05) is 0 Å². The van der Waals surface area contributed by atoms with E-state index in [4.69, 9.17) is 5.73 Å². The Morgan fingerprint density at radius 3 is 2.75 bits per heavy atom. The van der Waals surface area contributed by atoms with Crippen molar-refractivity contribution in [3.8, 4) is 10.6 Å². The zero-order valence-corrected chi connectivity index (χ0v) is 11.6. The van der Waals surface area contributed by atoms with Crippen LogP contribution in [0.4, 0.5) is 0 Å². The molecule has 0 aliphatic carbocycles. The molecule has 2 nitrogen and oxygen atoms in total. The summed E-state index contributed by atoms with van der Waals surface area (Å²) in [5.74, 6) is 0. The van der Waals surface area contributed by atoms with Gasteiger partial charge in [0.25, 0.3) is 0 Å². The largest absolute Gasteiger partial charge is 0.323 e. The maximum Gasteiger partial charge on any atom is 0.123 e. The predicted molar refractivity (Wildman–Crippen MR) is 72.6 cm³/mol. The van der Waals surface area contributed by atoms with Gasteiger partial charge in [0.15, 0.2) is 0 Å². The van der Waals surface area contributed by atoms with Crippen molar-refractivity contribution in [3.05, 3.63) is 39.3 Å². The number of hydrogen-bond donors (Lipinski definition) is 1. The maximum absolute atomic E-state index is 5.90. The third-order valence-electron chi connectivity index (χ3n) is 2.32. The Morgan fingerprint density at radius 1 is 1.44 bits per heavy atom. The SMILES string of the molecule is Cc1nc(-c2cccc(Br)c2)sc1C(C)N. The van der Waals surface area contributed by atoms with E-state index in [0.717, 1.165) is 25.6 Å². The van der Waals surface area contributed by atoms with Gasteiger partial charge in [-0.3, -0.25) is 0 Å². The zero-order chi connectivity index (χ0) is 11.7. The number of hydrogen-bond acceptors (Lipinski definition) is 3. The van der Waals surface area contributed by atoms with E-state index in [1.54, 1.807) is 11.3 Å². The molecule has 2 aromatic rings. The summed E-state index contributed by atoms with van der Waals surface area (Å²) in [6.07, 6.45) is 0. The standard InChI is InChI=1S/C12H13BrN2S/c1-7(14)11-8(2)15-12(16-11)9-4-3-5-10(13)6-9/h3-7H,14H2,1-2H3. The first-order valence-electron chi connectivity index (χ1n) is 5.07. The number of aryl methyl sites for hydroxylation is 1. The van der Waals surface area contributed by atoms with Crippen molar-refractivity contribution in [2.45, 2.75) is 19.9 Å². The van der Waals surface area contributed by atoms with Crippen LogP contribution in [-0.2, 0) is 0 Å². The first-order valence-corrected chi connectivity index (χ1v) is 6.67. The van der Waals surface area contributed by atoms with Crippen LogP contribution in [0.1, 0.15) is 23.5 Å². The number of thiazole rings is 1. The number of rotatable bonds is 2. The van der Waals surface area contributed by atoms with E-state index < -0.39 is 0 Å². The molecule has 2 N–H and O–H groups in total. The van der Waals surface area contributed by atoms with Crippen LogP contribution in [0, 0.1) is 6.92 Å². The second-order valence-electron chi connectivity index (χ2n) is 3.77. The van der Waals surface area contributed by atoms with Gasteiger partial charge >= 0.3 is 0 Å². The van der Waals surface area contributed by atoms with Crippen LogP contribution in [0.3, 0.4) is 0 Å². The van der Waals surface area contributed by atoms with Crippen molar-refractivity contribution < 1.29 is 0 Å². The van der Waals surface area contributed by atoms with Crippen molar-refractivity contribution in [1.82, 2.24) is 4.98 Å². The van der Waals surface area contributed by atoms with Crippen LogP contribution in [-0.4, -0.2) is 4.98 Å². The fourth-order valence-electron chi connectivity index (χ4n) is 1.58. The van der Waals surface area contributed by atoms with Crippen LogP contribution in [0.5, 0.6) is 0 Å². The van der Waals surface area contributed by atoms with Crippen molar-refractivity contribution >= 4 is 27.3 Å². The van der Waals surface area contributed by atoms with Crippen LogP contribution >= 0.6 is 27.3 Å². The lowest BCUT2D eigenvalue weighted by molar-refractivity contribution is 0.825. The number of aromatic nitrogens is 1. The van der Waals surface area contributed by atoms with Gasteiger partial charge in [-0.05, 0) is 26.0 Å². The molecule has 1 atom stereocenters. The molecule has 0 aliphatic heterocycles. The highest BCUT2D eigenvalue weighted by Crippen LogP contribution is 2.31. The highest BCUT2D eigenvalue weighted by molar-refractivity contribution is 9.10. The Hall–Kier alpha value is -0.710. The Morgan fingerprint density at radius 2 is 2.19 bits per heavy atom. The van der Waals surface area contributed by atoms with Crippen molar-refractivity contribution in [2.24, 2.45) is 5.73 Å². The highest BCUT2D eigenvalue weighted by Gasteiger charge is 2.12. The fourth-order valence-corrected chi connectivity index (χ4v) is 2.99. The minimum Gasteiger partial charge on any atom is -0.323 e. The molecule has 0 amide bonds. The molecule has 0 saturated carbocycles. The molecular weight excluding hydrogens is 284 g/mol. The lowest BCUT2D eigenvalue weighted by Gasteiger charge is -2.00. The highest BCUT2D eigenvalue weighted by atomic mass is 79.9. The van der Waals surface area contributed by atoms with E-state index in [-0.39, 0.29) is 6.04 Å². The average Bonchev–Trinajstić information content (AvgIpc) is 2.60. The van der Waals surface area contributed by atoms with Gasteiger partial charge in [-0.15, -0.1) is 11.3 Å². The van der Waals surface area contributed by atoms with Crippen LogP contribution in [0.25, 0.3) is 10.6 Å². The summed E-state index contributed by atoms with van der Waals surface area (Å²) >= 11 is 5.14. The summed E-state index contributed by atoms with van der Waals surface area (Å²) in [4.78, 5) is 5.72. The third kappa shape index (κ3) is 2.34. The Bertz CT molecular complexity index is 505. The van der Waals surface area contributed by atoms with E-state index in [9.17, 15) is 0 Å². The quantitative estimate of drug-likeness (QED) is 0.913. The first kappa shape index (κ1) is 11.8. The summed E-state index contributed by atoms with van der Waals surface area (Å²) in [6.45, 7) is 4.00. The Labute approximate surface area is 108 Å². The molecule has 1 unspecified atom stereocenters. The smallest absolute Gasteiger partial charge is 0.123 e. The van der Waals surface area contributed by atoms with Gasteiger partial charge in [-0.2, -0.15) is 0 Å². The van der Waals surface area contributed by atoms with Crippen LogP contribution in [0.15, 0.2) is 28.7 Å². The minimum atomic E-state index is 0.0541. The Kier molecular flexibility index (Phi) is 3.42. The molecule has 0 saturated heterocycles. The lowest BCUT2D eigenvalue weighted by Crippen LogP contribution is -2.03. The summed E-state index contributed by atoms with van der Waals surface area (Å²) in [6, 6.07) is 8.22. The lowest BCUT2D eigenvalue weighted by atomic mass is 10.2. The molecule has 0 fully saturated rings. The molecule has 1 aromatic heterocycles. The topological polar surface area (TPSA) is 38.9 Å². The third-order valence-corrected chi connectivity index (χ3v) is 4.22. The predicted octanol–water partition coefficient (Wildman–Crippen LogP) is 3.90. The van der Waals surface area contributed by atoms with Crippen molar-refractivity contribution in [1.29, 1.82) is 0 Å². The fraction of sp³-hybridized carbons (Fsp3) is 0.250. The monoisotopic (exact) mass is 296 g/mol. The molecule has 0 bridgehead atoms. The molecule has 0 aliphatic rings. The molecule has 0 spiro atoms. The van der Waals surface area contributed by atoms with Gasteiger partial charge in [0.05, 0.1) is 5.69 Å². The zero-order valence-electron chi connectivity index (χ0n) is 9.20. The minimum absolute atomic E-state index is 0.0541. The molecule has 4 heteroatoms. The maximum atomic E-state index is 5.90. The Balaban J connectivity index is 2.45. The first-order chi connectivity index (χ1) is 7.58. The summed E-state index contributed by atoms with van der Waals surface area (Å²) in [5.41, 5.74) is 8.07. The molecule has 16 heavy (non-hydrogen) atoms. The van der Waals surface area contributed by atoms with E-state index in [1.165, 1.54) is 0 Å². The van der Waals surface area contributed by atoms with Crippen LogP contribution in [0.2, 0.25) is 0 Å². The average molecular weight is 297 g/mol. The molecule has 1 heterocycles. The normalized spacial score (nSPS) is 12.8. The van der Waals surface area contributed by atoms with Crippen molar-refractivity contribution in [3.63, 3.8) is 0 Å². The van der Waals surface area contributed by atoms with Crippen LogP contribution < -0.4 is 5.73 Å². The van der Waals surface area contributed by atoms with Gasteiger partial charge in [-0.1, -0.05) is 28.1 Å². The number of benzene rings is 1. The molecule has 84 valence electrons. The number of nitrogens with two attached hydrogens (primary N) is 1. The van der Waals surface area contributed by atoms with Gasteiger partial charge in [0, 0.05) is 21.0 Å². The molecular formula is C12H13BrN2S. The second-order valence-corrected chi connectivity index (χ2v) is 5.71. The van der Waals surface area contributed by atoms with E-state index in [1.807, 2.05) is 26.0 Å². The molecule has 0 radical (unpaired) electrons. The van der Waals surface area contributed by atoms with Gasteiger partial charge in [0.2, 0.25) is 0 Å². The van der Waals surface area contributed by atoms with E-state index >= 15 is 0 Å². The second kappa shape index (κ2) is 4.65.